The average Bonchev–Trinajstić information content (AvgIpc) is 2.87. The Morgan fingerprint density at radius 3 is 2.86 bits per heavy atom. The van der Waals surface area contributed by atoms with Gasteiger partial charge in [-0.25, -0.2) is 14.0 Å². The Hall–Kier alpha value is -2.30. The molecule has 1 saturated heterocycles. The molecular weight excluding hydrogens is 373 g/mol. The third-order valence-corrected chi connectivity index (χ3v) is 4.85. The fourth-order valence-electron chi connectivity index (χ4n) is 3.26. The average molecular weight is 397 g/mol. The minimum absolute atomic E-state index is 0.422. The van der Waals surface area contributed by atoms with Crippen molar-refractivity contribution in [3.8, 4) is 0 Å². The molecule has 2 aliphatic rings. The Morgan fingerprint density at radius 1 is 1.36 bits per heavy atom. The molecule has 3 N–H and O–H groups in total. The molecule has 5 unspecified atom stereocenters. The first-order valence-corrected chi connectivity index (χ1v) is 9.31. The third-order valence-electron chi connectivity index (χ3n) is 4.85. The Kier molecular flexibility index (Phi) is 6.42. The van der Waals surface area contributed by atoms with Gasteiger partial charge in [0.05, 0.1) is 12.3 Å². The molecule has 1 fully saturated rings. The van der Waals surface area contributed by atoms with Gasteiger partial charge < -0.3 is 19.7 Å². The lowest BCUT2D eigenvalue weighted by Crippen LogP contribution is -2.36. The van der Waals surface area contributed by atoms with Crippen LogP contribution in [-0.4, -0.2) is 50.3 Å². The summed E-state index contributed by atoms with van der Waals surface area (Å²) in [6.45, 7) is 1.51. The van der Waals surface area contributed by atoms with E-state index in [2.05, 4.69) is 10.3 Å². The standard InChI is InChI=1S/C18H24FN3O6/c1-10-13(23)14(24)16(27-10)22-9-12(19)15(20-17(22)25)21-18(26)28-11-7-5-3-2-4-6-8-11/h5,7,9-11,13-14,16,23-24H,2-4,6,8H2,1H3,(H,20,21,25,26)/b7-5+. The van der Waals surface area contributed by atoms with Crippen molar-refractivity contribution in [3.63, 3.8) is 0 Å². The summed E-state index contributed by atoms with van der Waals surface area (Å²) in [5, 5.41) is 21.8. The van der Waals surface area contributed by atoms with Crippen molar-refractivity contribution in [1.82, 2.24) is 9.55 Å². The predicted octanol–water partition coefficient (Wildman–Crippen LogP) is 1.46. The predicted molar refractivity (Wildman–Crippen MR) is 96.2 cm³/mol. The number of nitrogens with one attached hydrogen (secondary N) is 1. The molecule has 1 aliphatic carbocycles. The molecule has 1 aliphatic heterocycles. The van der Waals surface area contributed by atoms with Crippen molar-refractivity contribution in [2.45, 2.75) is 69.7 Å². The van der Waals surface area contributed by atoms with Gasteiger partial charge in [0.15, 0.2) is 17.9 Å². The van der Waals surface area contributed by atoms with Gasteiger partial charge >= 0.3 is 11.8 Å². The number of amides is 1. The van der Waals surface area contributed by atoms with Crippen molar-refractivity contribution in [2.24, 2.45) is 0 Å². The van der Waals surface area contributed by atoms with Crippen molar-refractivity contribution in [3.05, 3.63) is 34.7 Å². The Morgan fingerprint density at radius 2 is 2.14 bits per heavy atom. The van der Waals surface area contributed by atoms with Gasteiger partial charge in [-0.3, -0.25) is 9.88 Å². The first-order valence-electron chi connectivity index (χ1n) is 9.31. The maximum atomic E-state index is 14.4. The molecule has 10 heteroatoms. The summed E-state index contributed by atoms with van der Waals surface area (Å²) in [4.78, 5) is 27.7. The lowest BCUT2D eigenvalue weighted by molar-refractivity contribution is -0.0355. The summed E-state index contributed by atoms with van der Waals surface area (Å²) in [6.07, 6.45) is 3.15. The summed E-state index contributed by atoms with van der Waals surface area (Å²) in [7, 11) is 0. The fraction of sp³-hybridized carbons (Fsp3) is 0.611. The van der Waals surface area contributed by atoms with E-state index in [1.54, 1.807) is 6.08 Å². The van der Waals surface area contributed by atoms with Crippen LogP contribution in [0.3, 0.4) is 0 Å². The molecule has 0 spiro atoms. The number of carbonyl (C=O) groups excluding carboxylic acids is 1. The Balaban J connectivity index is 1.70. The lowest BCUT2D eigenvalue weighted by Gasteiger charge is -2.18. The second-order valence-corrected chi connectivity index (χ2v) is 6.98. The fourth-order valence-corrected chi connectivity index (χ4v) is 3.26. The molecule has 1 aromatic rings. The van der Waals surface area contributed by atoms with E-state index < -0.39 is 54.1 Å². The van der Waals surface area contributed by atoms with Crippen LogP contribution in [-0.2, 0) is 9.47 Å². The molecule has 2 heterocycles. The first kappa shape index (κ1) is 20.4. The molecule has 1 amide bonds. The van der Waals surface area contributed by atoms with Crippen LogP contribution >= 0.6 is 0 Å². The van der Waals surface area contributed by atoms with Crippen LogP contribution in [0.25, 0.3) is 0 Å². The van der Waals surface area contributed by atoms with Gasteiger partial charge in [0.1, 0.15) is 18.3 Å². The lowest BCUT2D eigenvalue weighted by atomic mass is 10.0. The molecule has 0 bridgehead atoms. The maximum Gasteiger partial charge on any atom is 0.413 e. The number of anilines is 1. The van der Waals surface area contributed by atoms with Crippen LogP contribution in [0, 0.1) is 5.82 Å². The zero-order valence-corrected chi connectivity index (χ0v) is 15.5. The Labute approximate surface area is 160 Å². The molecule has 0 aromatic carbocycles. The van der Waals surface area contributed by atoms with Gasteiger partial charge in [-0.2, -0.15) is 4.98 Å². The normalized spacial score (nSPS) is 31.6. The van der Waals surface area contributed by atoms with Crippen LogP contribution in [0.15, 0.2) is 23.1 Å². The largest absolute Gasteiger partial charge is 0.442 e. The number of aliphatic hydroxyl groups excluding tert-OH is 2. The van der Waals surface area contributed by atoms with E-state index in [0.29, 0.717) is 6.42 Å². The van der Waals surface area contributed by atoms with Gasteiger partial charge in [0.2, 0.25) is 0 Å². The minimum atomic E-state index is -1.41. The molecule has 3 rings (SSSR count). The zero-order valence-electron chi connectivity index (χ0n) is 15.5. The van der Waals surface area contributed by atoms with E-state index >= 15 is 0 Å². The van der Waals surface area contributed by atoms with E-state index in [1.165, 1.54) is 6.92 Å². The number of rotatable bonds is 3. The van der Waals surface area contributed by atoms with Gasteiger partial charge in [-0.05, 0) is 38.7 Å². The highest BCUT2D eigenvalue weighted by atomic mass is 19.1. The van der Waals surface area contributed by atoms with Crippen molar-refractivity contribution < 1.29 is 28.9 Å². The molecule has 1 aromatic heterocycles. The van der Waals surface area contributed by atoms with Crippen LogP contribution in [0.2, 0.25) is 0 Å². The monoisotopic (exact) mass is 397 g/mol. The van der Waals surface area contributed by atoms with Crippen molar-refractivity contribution >= 4 is 11.9 Å². The van der Waals surface area contributed by atoms with E-state index in [4.69, 9.17) is 9.47 Å². The number of carbonyl (C=O) groups is 1. The Bertz CT molecular complexity index is 798. The van der Waals surface area contributed by atoms with Gasteiger partial charge in [-0.15, -0.1) is 0 Å². The molecule has 5 atom stereocenters. The highest BCUT2D eigenvalue weighted by Gasteiger charge is 2.42. The van der Waals surface area contributed by atoms with Gasteiger partial charge in [-0.1, -0.05) is 12.5 Å². The number of hydrogen-bond acceptors (Lipinski definition) is 7. The molecule has 9 nitrogen and oxygen atoms in total. The molecule has 0 saturated carbocycles. The summed E-state index contributed by atoms with van der Waals surface area (Å²) < 4.78 is 25.6. The summed E-state index contributed by atoms with van der Waals surface area (Å²) >= 11 is 0. The minimum Gasteiger partial charge on any atom is -0.442 e. The maximum absolute atomic E-state index is 14.4. The number of nitrogens with zero attached hydrogens (tertiary/aromatic N) is 2. The number of aliphatic hydroxyl groups is 2. The highest BCUT2D eigenvalue weighted by Crippen LogP contribution is 2.28. The van der Waals surface area contributed by atoms with E-state index in [9.17, 15) is 24.2 Å². The van der Waals surface area contributed by atoms with Gasteiger partial charge in [0, 0.05) is 0 Å². The van der Waals surface area contributed by atoms with Crippen LogP contribution in [0.5, 0.6) is 0 Å². The summed E-state index contributed by atoms with van der Waals surface area (Å²) in [6, 6.07) is 0. The topological polar surface area (TPSA) is 123 Å². The van der Waals surface area contributed by atoms with E-state index in [1.807, 2.05) is 6.08 Å². The smallest absolute Gasteiger partial charge is 0.413 e. The summed E-state index contributed by atoms with van der Waals surface area (Å²) in [5.41, 5.74) is -0.951. The van der Waals surface area contributed by atoms with Crippen LogP contribution in [0.1, 0.15) is 45.3 Å². The van der Waals surface area contributed by atoms with Crippen molar-refractivity contribution in [1.29, 1.82) is 0 Å². The molecule has 28 heavy (non-hydrogen) atoms. The first-order chi connectivity index (χ1) is 13.4. The van der Waals surface area contributed by atoms with Crippen molar-refractivity contribution in [2.75, 3.05) is 5.32 Å². The quantitative estimate of drug-likeness (QED) is 0.660. The zero-order chi connectivity index (χ0) is 20.3. The van der Waals surface area contributed by atoms with E-state index in [-0.39, 0.29) is 0 Å². The molecule has 0 radical (unpaired) electrons. The number of hydrogen-bond donors (Lipinski definition) is 3. The number of ether oxygens (including phenoxy) is 2. The van der Waals surface area contributed by atoms with E-state index in [0.717, 1.165) is 36.4 Å². The second kappa shape index (κ2) is 8.80. The number of halogens is 1. The SMILES string of the molecule is CC1OC(n2cc(F)c(NC(=O)OC3/C=C/CCCCC3)nc2=O)C(O)C1O. The molecule has 154 valence electrons. The summed E-state index contributed by atoms with van der Waals surface area (Å²) in [5.74, 6) is -1.59. The van der Waals surface area contributed by atoms with Crippen LogP contribution in [0.4, 0.5) is 15.0 Å². The second-order valence-electron chi connectivity index (χ2n) is 6.98. The van der Waals surface area contributed by atoms with Gasteiger partial charge in [0.25, 0.3) is 0 Å². The highest BCUT2D eigenvalue weighted by molar-refractivity contribution is 5.83. The number of allylic oxidation sites excluding steroid dienone is 1. The molecular formula is C18H24FN3O6. The van der Waals surface area contributed by atoms with Crippen LogP contribution < -0.4 is 11.0 Å². The third kappa shape index (κ3) is 4.57. The number of aromatic nitrogens is 2.